The van der Waals surface area contributed by atoms with Gasteiger partial charge in [0.15, 0.2) is 5.41 Å². The van der Waals surface area contributed by atoms with Crippen LogP contribution in [0.4, 0.5) is 0 Å². The van der Waals surface area contributed by atoms with Crippen LogP contribution in [-0.4, -0.2) is 17.8 Å². The van der Waals surface area contributed by atoms with Crippen molar-refractivity contribution in [3.63, 3.8) is 0 Å². The number of nitrogens with zero attached hydrogens (tertiary/aromatic N) is 3. The first-order chi connectivity index (χ1) is 9.52. The molecule has 6 nitrogen and oxygen atoms in total. The van der Waals surface area contributed by atoms with Gasteiger partial charge in [-0.15, -0.1) is 0 Å². The number of rotatable bonds is 2. The molecule has 2 aliphatic carbocycles. The van der Waals surface area contributed by atoms with Crippen molar-refractivity contribution in [3.8, 4) is 18.2 Å². The number of hydrogen-bond donors (Lipinski definition) is 1. The van der Waals surface area contributed by atoms with Gasteiger partial charge >= 0.3 is 0 Å². The summed E-state index contributed by atoms with van der Waals surface area (Å²) in [7, 11) is 0. The van der Waals surface area contributed by atoms with Crippen LogP contribution in [0.5, 0.6) is 0 Å². The molecule has 20 heavy (non-hydrogen) atoms. The van der Waals surface area contributed by atoms with Gasteiger partial charge in [-0.3, -0.25) is 4.79 Å². The molecule has 0 aromatic carbocycles. The molecule has 0 aromatic rings. The van der Waals surface area contributed by atoms with Crippen molar-refractivity contribution >= 4 is 17.8 Å². The quantitative estimate of drug-likeness (QED) is 0.750. The molecule has 100 valence electrons. The summed E-state index contributed by atoms with van der Waals surface area (Å²) in [5.41, 5.74) is -3.83. The Hall–Kier alpha value is -2.52. The topological polar surface area (TPSA) is 129 Å². The summed E-state index contributed by atoms with van der Waals surface area (Å²) < 4.78 is 0. The molecule has 1 N–H and O–H groups in total. The molecule has 6 heteroatoms. The number of carbonyl (C=O) groups is 2. The Morgan fingerprint density at radius 3 is 2.30 bits per heavy atom. The van der Waals surface area contributed by atoms with Crippen LogP contribution < -0.4 is 0 Å². The van der Waals surface area contributed by atoms with Crippen LogP contribution in [0, 0.1) is 62.1 Å². The third kappa shape index (κ3) is 1.38. The molecule has 0 aromatic heterocycles. The predicted molar refractivity (Wildman–Crippen MR) is 66.0 cm³/mol. The molecule has 0 spiro atoms. The van der Waals surface area contributed by atoms with Crippen molar-refractivity contribution in [2.45, 2.75) is 25.7 Å². The van der Waals surface area contributed by atoms with Gasteiger partial charge in [-0.05, 0) is 19.3 Å². The van der Waals surface area contributed by atoms with Crippen LogP contribution in [0.1, 0.15) is 25.7 Å². The van der Waals surface area contributed by atoms with E-state index >= 15 is 0 Å². The van der Waals surface area contributed by atoms with Gasteiger partial charge in [0.2, 0.25) is 0 Å². The third-order valence-electron chi connectivity index (χ3n) is 4.54. The molecule has 2 rings (SSSR count). The maximum atomic E-state index is 12.0. The van der Waals surface area contributed by atoms with E-state index in [-0.39, 0.29) is 17.9 Å². The van der Waals surface area contributed by atoms with E-state index in [0.717, 1.165) is 0 Å². The average Bonchev–Trinajstić information content (AvgIpc) is 2.99. The van der Waals surface area contributed by atoms with E-state index in [1.54, 1.807) is 0 Å². The van der Waals surface area contributed by atoms with Crippen LogP contribution in [-0.2, 0) is 9.59 Å². The van der Waals surface area contributed by atoms with E-state index in [1.807, 2.05) is 18.2 Å². The van der Waals surface area contributed by atoms with Gasteiger partial charge in [0.05, 0.1) is 24.1 Å². The fourth-order valence-corrected chi connectivity index (χ4v) is 3.52. The molecular weight excluding hydrogens is 256 g/mol. The highest BCUT2D eigenvalue weighted by Gasteiger charge is 2.69. The normalized spacial score (nSPS) is 35.0. The molecule has 0 radical (unpaired) electrons. The van der Waals surface area contributed by atoms with Crippen molar-refractivity contribution in [1.29, 1.82) is 21.2 Å². The van der Waals surface area contributed by atoms with E-state index in [0.29, 0.717) is 25.5 Å². The van der Waals surface area contributed by atoms with Crippen LogP contribution in [0.3, 0.4) is 0 Å². The molecule has 2 aliphatic rings. The van der Waals surface area contributed by atoms with Gasteiger partial charge in [0.1, 0.15) is 17.5 Å². The number of nitrogens with one attached hydrogen (secondary N) is 1. The minimum absolute atomic E-state index is 0.181. The van der Waals surface area contributed by atoms with Crippen molar-refractivity contribution in [2.75, 3.05) is 0 Å². The van der Waals surface area contributed by atoms with Crippen LogP contribution in [0.25, 0.3) is 0 Å². The summed E-state index contributed by atoms with van der Waals surface area (Å²) in [6.45, 7) is 0. The Bertz CT molecular complexity index is 605. The molecule has 2 fully saturated rings. The summed E-state index contributed by atoms with van der Waals surface area (Å²) in [4.78, 5) is 23.1. The van der Waals surface area contributed by atoms with Gasteiger partial charge in [-0.1, -0.05) is 0 Å². The minimum atomic E-state index is -1.80. The lowest BCUT2D eigenvalue weighted by molar-refractivity contribution is -0.123. The van der Waals surface area contributed by atoms with E-state index in [1.165, 1.54) is 0 Å². The minimum Gasteiger partial charge on any atom is -0.307 e. The zero-order chi connectivity index (χ0) is 15.0. The molecule has 2 saturated carbocycles. The maximum Gasteiger partial charge on any atom is 0.169 e. The molecule has 0 saturated heterocycles. The fraction of sp³-hybridized carbons (Fsp3) is 0.571. The smallest absolute Gasteiger partial charge is 0.169 e. The van der Waals surface area contributed by atoms with E-state index < -0.39 is 22.7 Å². The Morgan fingerprint density at radius 1 is 1.25 bits per heavy atom. The Balaban J connectivity index is 2.70. The fourth-order valence-electron chi connectivity index (χ4n) is 3.52. The Morgan fingerprint density at radius 2 is 1.90 bits per heavy atom. The first kappa shape index (κ1) is 13.9. The Kier molecular flexibility index (Phi) is 3.16. The lowest BCUT2D eigenvalue weighted by Crippen LogP contribution is -2.47. The summed E-state index contributed by atoms with van der Waals surface area (Å²) in [6.07, 6.45) is 1.56. The van der Waals surface area contributed by atoms with Crippen LogP contribution in [0.15, 0.2) is 0 Å². The number of ketones is 1. The highest BCUT2D eigenvalue weighted by molar-refractivity contribution is 6.07. The Labute approximate surface area is 116 Å². The number of carbonyl (C=O) groups excluding carboxylic acids is 2. The highest BCUT2D eigenvalue weighted by Crippen LogP contribution is 2.58. The number of hydrogen-bond acceptors (Lipinski definition) is 6. The van der Waals surface area contributed by atoms with Crippen LogP contribution in [0.2, 0.25) is 0 Å². The van der Waals surface area contributed by atoms with Gasteiger partial charge in [-0.2, -0.15) is 15.8 Å². The second kappa shape index (κ2) is 4.54. The first-order valence-electron chi connectivity index (χ1n) is 6.33. The van der Waals surface area contributed by atoms with E-state index in [4.69, 9.17) is 5.41 Å². The second-order valence-electron chi connectivity index (χ2n) is 5.32. The number of nitriles is 3. The third-order valence-corrected chi connectivity index (χ3v) is 4.54. The predicted octanol–water partition coefficient (Wildman–Crippen LogP) is 1.14. The SMILES string of the molecule is N#CC1(C#N)CC(C=O)C(=N)[C@@]1(C#N)[C@H]1CCCC1=O. The zero-order valence-electron chi connectivity index (χ0n) is 10.7. The summed E-state index contributed by atoms with van der Waals surface area (Å²) in [6, 6.07) is 5.56. The van der Waals surface area contributed by atoms with Crippen molar-refractivity contribution < 1.29 is 9.59 Å². The molecule has 0 bridgehead atoms. The van der Waals surface area contributed by atoms with Crippen LogP contribution >= 0.6 is 0 Å². The number of Topliss-reactive ketones (excluding diaryl/α,β-unsaturated/α-hetero) is 1. The highest BCUT2D eigenvalue weighted by atomic mass is 16.1. The van der Waals surface area contributed by atoms with Gasteiger partial charge < -0.3 is 10.2 Å². The molecule has 1 unspecified atom stereocenters. The lowest BCUT2D eigenvalue weighted by atomic mass is 9.59. The van der Waals surface area contributed by atoms with E-state index in [2.05, 4.69) is 0 Å². The standard InChI is InChI=1S/C14H12N4O2/c15-6-13(7-16)4-9(5-19)12(18)14(13,8-17)10-2-1-3-11(10)20/h5,9-10,18H,1-4H2/t9?,10-,14+/m0/s1. The van der Waals surface area contributed by atoms with E-state index in [9.17, 15) is 25.4 Å². The second-order valence-corrected chi connectivity index (χ2v) is 5.32. The van der Waals surface area contributed by atoms with Crippen molar-refractivity contribution in [3.05, 3.63) is 0 Å². The summed E-state index contributed by atoms with van der Waals surface area (Å²) in [5, 5.41) is 36.6. The monoisotopic (exact) mass is 268 g/mol. The molecule has 0 amide bonds. The summed E-state index contributed by atoms with van der Waals surface area (Å²) >= 11 is 0. The largest absolute Gasteiger partial charge is 0.307 e. The van der Waals surface area contributed by atoms with Crippen molar-refractivity contribution in [2.24, 2.45) is 22.7 Å². The molecule has 0 heterocycles. The first-order valence-corrected chi connectivity index (χ1v) is 6.33. The van der Waals surface area contributed by atoms with Crippen molar-refractivity contribution in [1.82, 2.24) is 0 Å². The van der Waals surface area contributed by atoms with Gasteiger partial charge in [-0.25, -0.2) is 0 Å². The summed E-state index contributed by atoms with van der Waals surface area (Å²) in [5.74, 6) is -1.97. The lowest BCUT2D eigenvalue weighted by Gasteiger charge is -2.34. The number of aldehydes is 1. The van der Waals surface area contributed by atoms with Gasteiger partial charge in [0.25, 0.3) is 0 Å². The molecular formula is C14H12N4O2. The average molecular weight is 268 g/mol. The van der Waals surface area contributed by atoms with Gasteiger partial charge in [0, 0.05) is 18.1 Å². The molecule has 3 atom stereocenters. The zero-order valence-corrected chi connectivity index (χ0v) is 10.7. The molecule has 0 aliphatic heterocycles. The maximum absolute atomic E-state index is 12.0.